The Morgan fingerprint density at radius 3 is 2.51 bits per heavy atom. The predicted molar refractivity (Wildman–Crippen MR) is 150 cm³/mol. The molecule has 0 unspecified atom stereocenters. The van der Waals surface area contributed by atoms with Crippen LogP contribution in [0.15, 0.2) is 42.7 Å². The van der Waals surface area contributed by atoms with Crippen LogP contribution in [0.5, 0.6) is 11.5 Å². The molecule has 1 aliphatic heterocycles. The molecule has 0 spiro atoms. The fourth-order valence-corrected chi connectivity index (χ4v) is 5.00. The average molecular weight is 570 g/mol. The van der Waals surface area contributed by atoms with Gasteiger partial charge in [-0.25, -0.2) is 4.68 Å². The molecule has 0 saturated carbocycles. The Morgan fingerprint density at radius 2 is 1.87 bits per heavy atom. The SMILES string of the molecule is COc1cc2c(cc1-c1cnn(CCO)c1)-c1c(c(C(=O)N(C)C(C)(C)C)nn1-c1cc(Cl)cc(Cl)c1)CO2. The second-order valence-electron chi connectivity index (χ2n) is 10.3. The number of methoxy groups -OCH3 is 1. The Hall–Kier alpha value is -3.53. The van der Waals surface area contributed by atoms with Crippen LogP contribution in [-0.2, 0) is 13.2 Å². The van der Waals surface area contributed by atoms with Crippen molar-refractivity contribution in [2.24, 2.45) is 0 Å². The van der Waals surface area contributed by atoms with E-state index >= 15 is 0 Å². The molecule has 204 valence electrons. The van der Waals surface area contributed by atoms with Gasteiger partial charge in [0.15, 0.2) is 5.69 Å². The molecule has 3 heterocycles. The number of amides is 1. The van der Waals surface area contributed by atoms with E-state index in [2.05, 4.69) is 5.10 Å². The molecule has 0 fully saturated rings. The molecule has 2 aromatic carbocycles. The van der Waals surface area contributed by atoms with E-state index in [1.807, 2.05) is 39.1 Å². The van der Waals surface area contributed by atoms with Crippen molar-refractivity contribution in [3.63, 3.8) is 0 Å². The van der Waals surface area contributed by atoms with Gasteiger partial charge in [-0.2, -0.15) is 10.2 Å². The topological polar surface area (TPSA) is 94.6 Å². The first-order valence-electron chi connectivity index (χ1n) is 12.4. The Balaban J connectivity index is 1.76. The van der Waals surface area contributed by atoms with Crippen LogP contribution in [0.3, 0.4) is 0 Å². The summed E-state index contributed by atoms with van der Waals surface area (Å²) in [6.45, 7) is 6.38. The molecular formula is C28H29Cl2N5O4. The Bertz CT molecular complexity index is 1550. The van der Waals surface area contributed by atoms with E-state index < -0.39 is 5.54 Å². The summed E-state index contributed by atoms with van der Waals surface area (Å²) in [6.07, 6.45) is 3.55. The van der Waals surface area contributed by atoms with Crippen molar-refractivity contribution in [1.29, 1.82) is 0 Å². The number of aliphatic hydroxyl groups is 1. The highest BCUT2D eigenvalue weighted by Gasteiger charge is 2.34. The lowest BCUT2D eigenvalue weighted by molar-refractivity contribution is 0.0646. The van der Waals surface area contributed by atoms with Gasteiger partial charge in [0, 0.05) is 57.1 Å². The second kappa shape index (κ2) is 10.2. The zero-order chi connectivity index (χ0) is 28.1. The summed E-state index contributed by atoms with van der Waals surface area (Å²) in [5.74, 6) is 0.960. The van der Waals surface area contributed by atoms with Gasteiger partial charge in [0.2, 0.25) is 0 Å². The van der Waals surface area contributed by atoms with Crippen molar-refractivity contribution in [3.8, 4) is 39.6 Å². The van der Waals surface area contributed by atoms with Crippen LogP contribution in [0.4, 0.5) is 0 Å². The number of ether oxygens (including phenoxy) is 2. The molecule has 0 bridgehead atoms. The molecule has 11 heteroatoms. The zero-order valence-corrected chi connectivity index (χ0v) is 23.8. The Kier molecular flexibility index (Phi) is 7.09. The number of hydrogen-bond donors (Lipinski definition) is 1. The normalized spacial score (nSPS) is 12.5. The molecular weight excluding hydrogens is 541 g/mol. The maximum Gasteiger partial charge on any atom is 0.274 e. The Labute approximate surface area is 236 Å². The van der Waals surface area contributed by atoms with Crippen LogP contribution in [0.1, 0.15) is 36.8 Å². The molecule has 4 aromatic rings. The molecule has 1 amide bonds. The van der Waals surface area contributed by atoms with Gasteiger partial charge >= 0.3 is 0 Å². The van der Waals surface area contributed by atoms with Crippen molar-refractivity contribution >= 4 is 29.1 Å². The standard InChI is InChI=1S/C28H29Cl2N5O4/c1-28(2,3)33(4)27(37)25-22-15-39-24-12-23(38-5)20(16-13-31-34(14-16)6-7-36)11-21(24)26(22)35(32-25)19-9-17(29)8-18(30)10-19/h8-14,36H,6-7,15H2,1-5H3. The number of aliphatic hydroxyl groups excluding tert-OH is 1. The first-order valence-corrected chi connectivity index (χ1v) is 13.1. The summed E-state index contributed by atoms with van der Waals surface area (Å²) in [6, 6.07) is 8.91. The fraction of sp³-hybridized carbons (Fsp3) is 0.321. The molecule has 0 aliphatic carbocycles. The first-order chi connectivity index (χ1) is 18.5. The lowest BCUT2D eigenvalue weighted by Crippen LogP contribution is -2.43. The van der Waals surface area contributed by atoms with Crippen LogP contribution in [0.25, 0.3) is 28.1 Å². The number of rotatable bonds is 6. The van der Waals surface area contributed by atoms with E-state index in [1.165, 1.54) is 0 Å². The Morgan fingerprint density at radius 1 is 1.15 bits per heavy atom. The molecule has 39 heavy (non-hydrogen) atoms. The third kappa shape index (κ3) is 4.97. The third-order valence-electron chi connectivity index (χ3n) is 6.79. The number of fused-ring (bicyclic) bond motifs is 3. The summed E-state index contributed by atoms with van der Waals surface area (Å²) in [7, 11) is 3.35. The van der Waals surface area contributed by atoms with Gasteiger partial charge in [0.05, 0.1) is 37.8 Å². The lowest BCUT2D eigenvalue weighted by Gasteiger charge is -2.31. The van der Waals surface area contributed by atoms with Crippen LogP contribution >= 0.6 is 23.2 Å². The van der Waals surface area contributed by atoms with Crippen molar-refractivity contribution in [2.45, 2.75) is 39.5 Å². The molecule has 9 nitrogen and oxygen atoms in total. The maximum absolute atomic E-state index is 13.7. The average Bonchev–Trinajstić information content (AvgIpc) is 3.51. The summed E-state index contributed by atoms with van der Waals surface area (Å²) in [5, 5.41) is 19.4. The summed E-state index contributed by atoms with van der Waals surface area (Å²) in [5.41, 5.74) is 4.14. The van der Waals surface area contributed by atoms with Gasteiger partial charge in [-0.1, -0.05) is 23.2 Å². The smallest absolute Gasteiger partial charge is 0.274 e. The van der Waals surface area contributed by atoms with Crippen LogP contribution in [-0.4, -0.2) is 61.8 Å². The molecule has 5 rings (SSSR count). The molecule has 1 aliphatic rings. The van der Waals surface area contributed by atoms with Crippen LogP contribution in [0, 0.1) is 0 Å². The molecule has 0 atom stereocenters. The number of halogens is 2. The highest BCUT2D eigenvalue weighted by molar-refractivity contribution is 6.34. The molecule has 2 aromatic heterocycles. The van der Waals surface area contributed by atoms with Gasteiger partial charge in [-0.15, -0.1) is 0 Å². The zero-order valence-electron chi connectivity index (χ0n) is 22.3. The number of nitrogens with zero attached hydrogens (tertiary/aromatic N) is 5. The van der Waals surface area contributed by atoms with Gasteiger partial charge in [0.1, 0.15) is 18.1 Å². The minimum absolute atomic E-state index is 0.0269. The molecule has 0 radical (unpaired) electrons. The minimum Gasteiger partial charge on any atom is -0.496 e. The van der Waals surface area contributed by atoms with Crippen molar-refractivity contribution in [2.75, 3.05) is 20.8 Å². The van der Waals surface area contributed by atoms with E-state index in [1.54, 1.807) is 52.8 Å². The second-order valence-corrected chi connectivity index (χ2v) is 11.2. The largest absolute Gasteiger partial charge is 0.496 e. The van der Waals surface area contributed by atoms with Crippen LogP contribution in [0.2, 0.25) is 10.0 Å². The number of carbonyl (C=O) groups is 1. The summed E-state index contributed by atoms with van der Waals surface area (Å²) < 4.78 is 15.2. The quantitative estimate of drug-likeness (QED) is 0.330. The van der Waals surface area contributed by atoms with Gasteiger partial charge < -0.3 is 19.5 Å². The highest BCUT2D eigenvalue weighted by atomic mass is 35.5. The van der Waals surface area contributed by atoms with Gasteiger partial charge in [-0.3, -0.25) is 9.48 Å². The number of hydrogen-bond acceptors (Lipinski definition) is 6. The fourth-order valence-electron chi connectivity index (χ4n) is 4.48. The van der Waals surface area contributed by atoms with Crippen molar-refractivity contribution in [1.82, 2.24) is 24.5 Å². The molecule has 0 saturated heterocycles. The van der Waals surface area contributed by atoms with Gasteiger partial charge in [0.25, 0.3) is 5.91 Å². The number of aromatic nitrogens is 4. The van der Waals surface area contributed by atoms with Gasteiger partial charge in [-0.05, 0) is 45.0 Å². The van der Waals surface area contributed by atoms with E-state index in [0.717, 1.165) is 16.7 Å². The van der Waals surface area contributed by atoms with Crippen LogP contribution < -0.4 is 9.47 Å². The highest BCUT2D eigenvalue weighted by Crippen LogP contribution is 2.46. The third-order valence-corrected chi connectivity index (χ3v) is 7.23. The van der Waals surface area contributed by atoms with E-state index in [9.17, 15) is 9.90 Å². The summed E-state index contributed by atoms with van der Waals surface area (Å²) >= 11 is 12.7. The first kappa shape index (κ1) is 27.1. The number of benzene rings is 2. The lowest BCUT2D eigenvalue weighted by atomic mass is 9.96. The minimum atomic E-state index is -0.421. The number of carbonyl (C=O) groups excluding carboxylic acids is 1. The predicted octanol–water partition coefficient (Wildman–Crippen LogP) is 5.47. The summed E-state index contributed by atoms with van der Waals surface area (Å²) in [4.78, 5) is 15.4. The maximum atomic E-state index is 13.7. The van der Waals surface area contributed by atoms with Crippen molar-refractivity contribution in [3.05, 3.63) is 64.0 Å². The van der Waals surface area contributed by atoms with E-state index in [4.69, 9.17) is 37.8 Å². The van der Waals surface area contributed by atoms with Crippen molar-refractivity contribution < 1.29 is 19.4 Å². The molecule has 1 N–H and O–H groups in total. The monoisotopic (exact) mass is 569 g/mol. The van der Waals surface area contributed by atoms with E-state index in [0.29, 0.717) is 45.0 Å². The van der Waals surface area contributed by atoms with E-state index in [-0.39, 0.29) is 24.8 Å².